The molecule has 3 N–H and O–H groups in total. The molecule has 4 heterocycles. The number of hydrogen-bond donors (Lipinski definition) is 3. The smallest absolute Gasteiger partial charge is 0.415 e. The third-order valence-corrected chi connectivity index (χ3v) is 6.02. The van der Waals surface area contributed by atoms with Crippen LogP contribution in [0.3, 0.4) is 0 Å². The van der Waals surface area contributed by atoms with Gasteiger partial charge in [0.25, 0.3) is 5.91 Å². The van der Waals surface area contributed by atoms with Gasteiger partial charge in [-0.25, -0.2) is 14.8 Å². The van der Waals surface area contributed by atoms with E-state index >= 15 is 0 Å². The predicted molar refractivity (Wildman–Crippen MR) is 139 cm³/mol. The van der Waals surface area contributed by atoms with Crippen LogP contribution in [0.1, 0.15) is 12.0 Å². The number of cyclic esters (lactones) is 1. The van der Waals surface area contributed by atoms with Crippen LogP contribution in [0.5, 0.6) is 11.6 Å². The zero-order valence-electron chi connectivity index (χ0n) is 21.0. The molecule has 2 aromatic heterocycles. The van der Waals surface area contributed by atoms with E-state index in [1.807, 2.05) is 25.2 Å². The zero-order valence-corrected chi connectivity index (χ0v) is 21.0. The van der Waals surface area contributed by atoms with E-state index < -0.39 is 6.09 Å². The fourth-order valence-corrected chi connectivity index (χ4v) is 4.11. The van der Waals surface area contributed by atoms with Gasteiger partial charge in [-0.15, -0.1) is 0 Å². The topological polar surface area (TPSA) is 140 Å². The number of carbonyl (C=O) groups is 2. The number of hydrogen-bond acceptors (Lipinski definition) is 10. The van der Waals surface area contributed by atoms with Crippen LogP contribution >= 0.6 is 0 Å². The Bertz CT molecular complexity index is 1300. The first-order valence-corrected chi connectivity index (χ1v) is 12.4. The molecule has 2 aliphatic heterocycles. The molecule has 0 unspecified atom stereocenters. The van der Waals surface area contributed by atoms with Crippen LogP contribution in [-0.2, 0) is 16.1 Å². The summed E-state index contributed by atoms with van der Waals surface area (Å²) in [5.41, 5.74) is 2.79. The van der Waals surface area contributed by atoms with Crippen molar-refractivity contribution in [2.24, 2.45) is 0 Å². The number of benzene rings is 1. The van der Waals surface area contributed by atoms with Crippen LogP contribution in [0.2, 0.25) is 0 Å². The molecular weight excluding hydrogens is 490 g/mol. The molecule has 1 fully saturated rings. The number of ether oxygens (including phenoxy) is 3. The molecule has 2 aliphatic rings. The first kappa shape index (κ1) is 25.4. The maximum atomic E-state index is 12.4. The van der Waals surface area contributed by atoms with Gasteiger partial charge in [-0.05, 0) is 43.8 Å². The molecular formula is C26H29N7O5. The largest absolute Gasteiger partial charge is 0.480 e. The maximum absolute atomic E-state index is 12.4. The Morgan fingerprint density at radius 2 is 2.08 bits per heavy atom. The zero-order chi connectivity index (χ0) is 26.3. The highest BCUT2D eigenvalue weighted by Crippen LogP contribution is 2.30. The highest BCUT2D eigenvalue weighted by molar-refractivity contribution is 5.95. The van der Waals surface area contributed by atoms with Crippen molar-refractivity contribution in [1.29, 1.82) is 0 Å². The standard InChI is InChI=1S/C26H29N7O5/c1-27-9-10-36-24-14-29-13-20(30-24)18-4-2-3-17(11-18)12-28-8-7-19-15-33(26(35)38-19)22-6-5-21-25(31-22)32-23(34)16-37-21/h2-6,11,13-14,19,27-28H,7-10,12,15-16H2,1H3,(H,31,32,34)/t19-/m0/s1. The lowest BCUT2D eigenvalue weighted by Gasteiger charge is -2.19. The molecule has 12 nitrogen and oxygen atoms in total. The number of aromatic nitrogens is 3. The summed E-state index contributed by atoms with van der Waals surface area (Å²) in [6.07, 6.45) is 3.23. The van der Waals surface area contributed by atoms with Gasteiger partial charge >= 0.3 is 6.09 Å². The number of fused-ring (bicyclic) bond motifs is 1. The van der Waals surface area contributed by atoms with Crippen LogP contribution in [0, 0.1) is 0 Å². The molecule has 38 heavy (non-hydrogen) atoms. The molecule has 1 atom stereocenters. The Morgan fingerprint density at radius 1 is 1.16 bits per heavy atom. The predicted octanol–water partition coefficient (Wildman–Crippen LogP) is 1.97. The SMILES string of the molecule is CNCCOc1cncc(-c2cccc(CNCC[C@H]3CN(c4ccc5c(n4)NC(=O)CO5)C(=O)O3)c2)n1. The second kappa shape index (κ2) is 11.8. The van der Waals surface area contributed by atoms with E-state index in [1.165, 1.54) is 4.90 Å². The van der Waals surface area contributed by atoms with Gasteiger partial charge in [0.05, 0.1) is 24.6 Å². The number of nitrogens with one attached hydrogen (secondary N) is 3. The number of likely N-dealkylation sites (N-methyl/N-ethyl adjacent to an activating group) is 1. The average Bonchev–Trinajstić information content (AvgIpc) is 3.31. The van der Waals surface area contributed by atoms with E-state index in [4.69, 9.17) is 14.2 Å². The summed E-state index contributed by atoms with van der Waals surface area (Å²) in [6.45, 7) is 2.88. The van der Waals surface area contributed by atoms with Gasteiger partial charge in [0.1, 0.15) is 18.5 Å². The van der Waals surface area contributed by atoms with E-state index in [-0.39, 0.29) is 18.6 Å². The van der Waals surface area contributed by atoms with Gasteiger partial charge in [-0.3, -0.25) is 14.7 Å². The van der Waals surface area contributed by atoms with Gasteiger partial charge in [-0.2, -0.15) is 0 Å². The molecule has 3 aromatic rings. The van der Waals surface area contributed by atoms with Crippen molar-refractivity contribution >= 4 is 23.6 Å². The van der Waals surface area contributed by atoms with E-state index in [9.17, 15) is 9.59 Å². The Hall–Kier alpha value is -4.29. The van der Waals surface area contributed by atoms with Gasteiger partial charge < -0.3 is 30.2 Å². The normalized spacial score (nSPS) is 16.4. The highest BCUT2D eigenvalue weighted by Gasteiger charge is 2.33. The summed E-state index contributed by atoms with van der Waals surface area (Å²) in [5, 5.41) is 9.10. The minimum Gasteiger partial charge on any atom is -0.480 e. The lowest BCUT2D eigenvalue weighted by atomic mass is 10.1. The lowest BCUT2D eigenvalue weighted by molar-refractivity contribution is -0.118. The fraction of sp³-hybridized carbons (Fsp3) is 0.346. The van der Waals surface area contributed by atoms with E-state index in [2.05, 4.69) is 37.0 Å². The third kappa shape index (κ3) is 6.15. The van der Waals surface area contributed by atoms with Gasteiger partial charge in [0.2, 0.25) is 5.88 Å². The lowest BCUT2D eigenvalue weighted by Crippen LogP contribution is -2.29. The van der Waals surface area contributed by atoms with Crippen molar-refractivity contribution in [2.45, 2.75) is 19.1 Å². The third-order valence-electron chi connectivity index (χ3n) is 6.02. The summed E-state index contributed by atoms with van der Waals surface area (Å²) < 4.78 is 16.5. The number of pyridine rings is 1. The number of nitrogens with zero attached hydrogens (tertiary/aromatic N) is 4. The monoisotopic (exact) mass is 519 g/mol. The molecule has 5 rings (SSSR count). The highest BCUT2D eigenvalue weighted by atomic mass is 16.6. The summed E-state index contributed by atoms with van der Waals surface area (Å²) in [5.74, 6) is 1.40. The van der Waals surface area contributed by atoms with Crippen LogP contribution in [0.15, 0.2) is 48.8 Å². The van der Waals surface area contributed by atoms with Gasteiger partial charge in [0.15, 0.2) is 18.2 Å². The molecule has 0 aliphatic carbocycles. The molecule has 2 amide bonds. The molecule has 0 bridgehead atoms. The minimum atomic E-state index is -0.462. The fourth-order valence-electron chi connectivity index (χ4n) is 4.11. The number of carbonyl (C=O) groups excluding carboxylic acids is 2. The van der Waals surface area contributed by atoms with Gasteiger partial charge in [0, 0.05) is 18.7 Å². The molecule has 12 heteroatoms. The van der Waals surface area contributed by atoms with Crippen molar-refractivity contribution in [3.05, 3.63) is 54.4 Å². The summed E-state index contributed by atoms with van der Waals surface area (Å²) in [4.78, 5) is 38.6. The summed E-state index contributed by atoms with van der Waals surface area (Å²) >= 11 is 0. The molecule has 0 saturated carbocycles. The summed E-state index contributed by atoms with van der Waals surface area (Å²) in [6, 6.07) is 11.4. The van der Waals surface area contributed by atoms with Crippen LogP contribution in [0.4, 0.5) is 16.4 Å². The minimum absolute atomic E-state index is 0.0490. The second-order valence-electron chi connectivity index (χ2n) is 8.83. The number of rotatable bonds is 11. The Balaban J connectivity index is 1.11. The van der Waals surface area contributed by atoms with Crippen molar-refractivity contribution in [3.8, 4) is 22.9 Å². The molecule has 198 valence electrons. The molecule has 0 spiro atoms. The maximum Gasteiger partial charge on any atom is 0.415 e. The van der Waals surface area contributed by atoms with Crippen LogP contribution in [0.25, 0.3) is 11.3 Å². The van der Waals surface area contributed by atoms with Crippen molar-refractivity contribution < 1.29 is 23.8 Å². The molecule has 0 radical (unpaired) electrons. The average molecular weight is 520 g/mol. The molecule has 1 saturated heterocycles. The number of amides is 2. The second-order valence-corrected chi connectivity index (χ2v) is 8.83. The summed E-state index contributed by atoms with van der Waals surface area (Å²) in [7, 11) is 1.87. The van der Waals surface area contributed by atoms with E-state index in [1.54, 1.807) is 24.5 Å². The van der Waals surface area contributed by atoms with Crippen molar-refractivity contribution in [2.75, 3.05) is 50.1 Å². The van der Waals surface area contributed by atoms with E-state index in [0.717, 1.165) is 23.4 Å². The molecule has 1 aromatic carbocycles. The Labute approximate surface area is 219 Å². The van der Waals surface area contributed by atoms with Crippen LogP contribution < -0.4 is 30.3 Å². The Morgan fingerprint density at radius 3 is 2.97 bits per heavy atom. The van der Waals surface area contributed by atoms with Crippen molar-refractivity contribution in [3.63, 3.8) is 0 Å². The Kier molecular flexibility index (Phi) is 7.90. The van der Waals surface area contributed by atoms with Crippen molar-refractivity contribution in [1.82, 2.24) is 25.6 Å². The first-order chi connectivity index (χ1) is 18.6. The first-order valence-electron chi connectivity index (χ1n) is 12.4. The quantitative estimate of drug-likeness (QED) is 0.322. The van der Waals surface area contributed by atoms with Crippen LogP contribution in [-0.4, -0.2) is 73.0 Å². The van der Waals surface area contributed by atoms with E-state index in [0.29, 0.717) is 55.9 Å². The van der Waals surface area contributed by atoms with Gasteiger partial charge in [-0.1, -0.05) is 18.2 Å². The number of anilines is 2.